The van der Waals surface area contributed by atoms with Gasteiger partial charge in [0.2, 0.25) is 0 Å². The van der Waals surface area contributed by atoms with Gasteiger partial charge in [0, 0.05) is 6.42 Å². The molecule has 0 fully saturated rings. The Morgan fingerprint density at radius 2 is 2.00 bits per heavy atom. The van der Waals surface area contributed by atoms with Gasteiger partial charge in [-0.3, -0.25) is 9.59 Å². The molecule has 0 unspecified atom stereocenters. The maximum absolute atomic E-state index is 11.6. The standard InChI is InChI=1S/C11H14O5S2/c12-9(10-4-3-6-17-10)8-18(15,16)7-2-1-5-11(13)14/h3-4,6H,1-2,5,7-8H2,(H,13,14). The van der Waals surface area contributed by atoms with Crippen molar-refractivity contribution in [2.45, 2.75) is 19.3 Å². The molecule has 0 bridgehead atoms. The largest absolute Gasteiger partial charge is 0.481 e. The van der Waals surface area contributed by atoms with Crippen LogP contribution in [0.15, 0.2) is 17.5 Å². The lowest BCUT2D eigenvalue weighted by atomic mass is 10.2. The minimum absolute atomic E-state index is 0.0472. The van der Waals surface area contributed by atoms with Gasteiger partial charge in [-0.2, -0.15) is 0 Å². The summed E-state index contributed by atoms with van der Waals surface area (Å²) in [6, 6.07) is 3.28. The third kappa shape index (κ3) is 5.42. The Bertz CT molecular complexity index is 502. The number of carboxylic acids is 1. The fourth-order valence-corrected chi connectivity index (χ4v) is 3.48. The zero-order valence-corrected chi connectivity index (χ0v) is 11.3. The van der Waals surface area contributed by atoms with Crippen molar-refractivity contribution in [1.82, 2.24) is 0 Å². The fourth-order valence-electron chi connectivity index (χ4n) is 1.38. The molecule has 0 amide bonds. The van der Waals surface area contributed by atoms with E-state index in [1.807, 2.05) is 0 Å². The van der Waals surface area contributed by atoms with Crippen molar-refractivity contribution in [3.8, 4) is 0 Å². The Balaban J connectivity index is 2.40. The lowest BCUT2D eigenvalue weighted by molar-refractivity contribution is -0.137. The van der Waals surface area contributed by atoms with Crippen molar-refractivity contribution in [1.29, 1.82) is 0 Å². The van der Waals surface area contributed by atoms with Crippen LogP contribution in [0, 0.1) is 0 Å². The van der Waals surface area contributed by atoms with Crippen LogP contribution in [-0.4, -0.2) is 36.8 Å². The average molecular weight is 290 g/mol. The van der Waals surface area contributed by atoms with E-state index in [1.54, 1.807) is 17.5 Å². The molecule has 100 valence electrons. The average Bonchev–Trinajstić information content (AvgIpc) is 2.77. The molecule has 0 aliphatic carbocycles. The summed E-state index contributed by atoms with van der Waals surface area (Å²) in [5.74, 6) is -1.98. The van der Waals surface area contributed by atoms with Gasteiger partial charge in [0.25, 0.3) is 0 Å². The molecule has 7 heteroatoms. The van der Waals surface area contributed by atoms with Crippen molar-refractivity contribution in [2.24, 2.45) is 0 Å². The van der Waals surface area contributed by atoms with Crippen LogP contribution < -0.4 is 0 Å². The first kappa shape index (κ1) is 14.8. The maximum atomic E-state index is 11.6. The first-order chi connectivity index (χ1) is 8.41. The summed E-state index contributed by atoms with van der Waals surface area (Å²) in [7, 11) is -3.44. The number of hydrogen-bond donors (Lipinski definition) is 1. The second kappa shape index (κ2) is 6.65. The van der Waals surface area contributed by atoms with Gasteiger partial charge in [0.15, 0.2) is 15.6 Å². The van der Waals surface area contributed by atoms with Crippen molar-refractivity contribution in [2.75, 3.05) is 11.5 Å². The molecule has 0 saturated carbocycles. The highest BCUT2D eigenvalue weighted by atomic mass is 32.2. The van der Waals surface area contributed by atoms with Crippen molar-refractivity contribution in [3.05, 3.63) is 22.4 Å². The molecule has 0 spiro atoms. The number of hydrogen-bond acceptors (Lipinski definition) is 5. The predicted octanol–water partition coefficient (Wildman–Crippen LogP) is 1.60. The molecule has 0 aliphatic rings. The molecule has 1 N–H and O–H groups in total. The Morgan fingerprint density at radius 3 is 2.56 bits per heavy atom. The zero-order chi connectivity index (χ0) is 13.6. The van der Waals surface area contributed by atoms with Crippen LogP contribution in [0.4, 0.5) is 0 Å². The first-order valence-corrected chi connectivity index (χ1v) is 8.10. The van der Waals surface area contributed by atoms with Crippen LogP contribution in [0.3, 0.4) is 0 Å². The molecule has 0 aromatic carbocycles. The molecule has 1 aromatic rings. The second-order valence-corrected chi connectivity index (χ2v) is 6.98. The highest BCUT2D eigenvalue weighted by Gasteiger charge is 2.18. The quantitative estimate of drug-likeness (QED) is 0.580. The monoisotopic (exact) mass is 290 g/mol. The van der Waals surface area contributed by atoms with E-state index in [2.05, 4.69) is 0 Å². The van der Waals surface area contributed by atoms with Gasteiger partial charge in [-0.15, -0.1) is 11.3 Å². The smallest absolute Gasteiger partial charge is 0.303 e. The topological polar surface area (TPSA) is 88.5 Å². The highest BCUT2D eigenvalue weighted by molar-refractivity contribution is 7.92. The van der Waals surface area contributed by atoms with Gasteiger partial charge in [-0.25, -0.2) is 8.42 Å². The van der Waals surface area contributed by atoms with Crippen LogP contribution in [0.25, 0.3) is 0 Å². The van der Waals surface area contributed by atoms with Crippen molar-refractivity contribution in [3.63, 3.8) is 0 Å². The van der Waals surface area contributed by atoms with Gasteiger partial charge < -0.3 is 5.11 Å². The van der Waals surface area contributed by atoms with Crippen LogP contribution in [0.2, 0.25) is 0 Å². The highest BCUT2D eigenvalue weighted by Crippen LogP contribution is 2.11. The normalized spacial score (nSPS) is 11.3. The Hall–Kier alpha value is -1.21. The molecule has 1 aromatic heterocycles. The molecular formula is C11H14O5S2. The number of sulfone groups is 1. The van der Waals surface area contributed by atoms with Crippen molar-refractivity contribution >= 4 is 32.9 Å². The van der Waals surface area contributed by atoms with Crippen LogP contribution in [0.1, 0.15) is 28.9 Å². The van der Waals surface area contributed by atoms with Gasteiger partial charge in [0.05, 0.1) is 10.6 Å². The van der Waals surface area contributed by atoms with E-state index in [0.29, 0.717) is 11.3 Å². The number of carbonyl (C=O) groups excluding carboxylic acids is 1. The lowest BCUT2D eigenvalue weighted by Crippen LogP contribution is -2.18. The van der Waals surface area contributed by atoms with E-state index in [0.717, 1.165) is 0 Å². The number of Topliss-reactive ketones (excluding diaryl/α,β-unsaturated/α-hetero) is 1. The maximum Gasteiger partial charge on any atom is 0.303 e. The molecular weight excluding hydrogens is 276 g/mol. The Morgan fingerprint density at radius 1 is 1.28 bits per heavy atom. The summed E-state index contributed by atoms with van der Waals surface area (Å²) >= 11 is 1.21. The number of carboxylic acid groups (broad SMARTS) is 1. The molecule has 0 radical (unpaired) electrons. The third-order valence-electron chi connectivity index (χ3n) is 2.24. The van der Waals surface area contributed by atoms with Crippen LogP contribution in [0.5, 0.6) is 0 Å². The number of unbranched alkanes of at least 4 members (excludes halogenated alkanes) is 1. The number of carbonyl (C=O) groups is 2. The summed E-state index contributed by atoms with van der Waals surface area (Å²) in [5.41, 5.74) is 0. The minimum atomic E-state index is -3.44. The minimum Gasteiger partial charge on any atom is -0.481 e. The summed E-state index contributed by atoms with van der Waals surface area (Å²) < 4.78 is 23.2. The van der Waals surface area contributed by atoms with Gasteiger partial charge in [0.1, 0.15) is 5.75 Å². The predicted molar refractivity (Wildman–Crippen MR) is 68.8 cm³/mol. The zero-order valence-electron chi connectivity index (χ0n) is 9.66. The summed E-state index contributed by atoms with van der Waals surface area (Å²) in [6.45, 7) is 0. The van der Waals surface area contributed by atoms with Crippen LogP contribution in [-0.2, 0) is 14.6 Å². The van der Waals surface area contributed by atoms with E-state index in [1.165, 1.54) is 11.3 Å². The Kier molecular flexibility index (Phi) is 5.49. The fraction of sp³-hybridized carbons (Fsp3) is 0.455. The second-order valence-electron chi connectivity index (χ2n) is 3.84. The summed E-state index contributed by atoms with van der Waals surface area (Å²) in [6.07, 6.45) is 0.530. The van der Waals surface area contributed by atoms with E-state index < -0.39 is 27.3 Å². The summed E-state index contributed by atoms with van der Waals surface area (Å²) in [5, 5.41) is 10.1. The molecule has 0 atom stereocenters. The number of rotatable bonds is 8. The lowest BCUT2D eigenvalue weighted by Gasteiger charge is -2.02. The molecule has 0 aliphatic heterocycles. The van der Waals surface area contributed by atoms with Gasteiger partial charge in [-0.1, -0.05) is 6.07 Å². The van der Waals surface area contributed by atoms with E-state index in [9.17, 15) is 18.0 Å². The van der Waals surface area contributed by atoms with E-state index in [-0.39, 0.29) is 18.6 Å². The third-order valence-corrected chi connectivity index (χ3v) is 4.77. The molecule has 5 nitrogen and oxygen atoms in total. The number of ketones is 1. The molecule has 0 saturated heterocycles. The van der Waals surface area contributed by atoms with Gasteiger partial charge in [-0.05, 0) is 24.3 Å². The van der Waals surface area contributed by atoms with E-state index in [4.69, 9.17) is 5.11 Å². The SMILES string of the molecule is O=C(O)CCCCS(=O)(=O)CC(=O)c1cccs1. The first-order valence-electron chi connectivity index (χ1n) is 5.39. The Labute approximate surface area is 109 Å². The van der Waals surface area contributed by atoms with Crippen LogP contribution >= 0.6 is 11.3 Å². The molecule has 18 heavy (non-hydrogen) atoms. The van der Waals surface area contributed by atoms with Gasteiger partial charge >= 0.3 is 5.97 Å². The molecule has 1 heterocycles. The number of aliphatic carboxylic acids is 1. The summed E-state index contributed by atoms with van der Waals surface area (Å²) in [4.78, 5) is 22.3. The van der Waals surface area contributed by atoms with Crippen molar-refractivity contribution < 1.29 is 23.1 Å². The number of thiophene rings is 1. The van der Waals surface area contributed by atoms with E-state index >= 15 is 0 Å². The molecule has 1 rings (SSSR count).